The molecule has 0 unspecified atom stereocenters. The fraction of sp³-hybridized carbons (Fsp3) is 0.357. The van der Waals surface area contributed by atoms with Gasteiger partial charge in [0.15, 0.2) is 0 Å². The van der Waals surface area contributed by atoms with Crippen molar-refractivity contribution in [3.8, 4) is 0 Å². The summed E-state index contributed by atoms with van der Waals surface area (Å²) in [5.74, 6) is -1.21. The smallest absolute Gasteiger partial charge is 0.323 e. The molecule has 0 saturated carbocycles. The van der Waals surface area contributed by atoms with Crippen molar-refractivity contribution < 1.29 is 14.7 Å². The lowest BCUT2D eigenvalue weighted by Crippen LogP contribution is -2.37. The number of imidazole rings is 1. The zero-order valence-corrected chi connectivity index (χ0v) is 11.3. The number of carboxylic acid groups (broad SMARTS) is 1. The van der Waals surface area contributed by atoms with E-state index >= 15 is 0 Å². The first-order chi connectivity index (χ1) is 9.60. The van der Waals surface area contributed by atoms with Crippen LogP contribution in [0.2, 0.25) is 0 Å². The maximum Gasteiger partial charge on any atom is 0.323 e. The third-order valence-electron chi connectivity index (χ3n) is 2.92. The standard InChI is InChI=1S/C14H17N3O3/c1-2-6-17(10-14(19)20)13(18)8-11-9-16-7-4-3-5-12(16)15-11/h3-5,7,9H,2,6,8,10H2,1H3,(H,19,20). The van der Waals surface area contributed by atoms with Gasteiger partial charge in [0.05, 0.1) is 12.1 Å². The molecular formula is C14H17N3O3. The van der Waals surface area contributed by atoms with E-state index in [2.05, 4.69) is 4.98 Å². The SMILES string of the molecule is CCCN(CC(=O)O)C(=O)Cc1cn2ccccc2n1. The summed E-state index contributed by atoms with van der Waals surface area (Å²) < 4.78 is 1.84. The van der Waals surface area contributed by atoms with E-state index < -0.39 is 5.97 Å². The minimum Gasteiger partial charge on any atom is -0.480 e. The number of aromatic nitrogens is 2. The Labute approximate surface area is 116 Å². The fourth-order valence-corrected chi connectivity index (χ4v) is 2.06. The average molecular weight is 275 g/mol. The molecule has 2 aromatic rings. The van der Waals surface area contributed by atoms with Crippen LogP contribution in [0.1, 0.15) is 19.0 Å². The molecule has 2 rings (SSSR count). The summed E-state index contributed by atoms with van der Waals surface area (Å²) in [7, 11) is 0. The predicted molar refractivity (Wildman–Crippen MR) is 73.4 cm³/mol. The van der Waals surface area contributed by atoms with Crippen LogP contribution in [0.5, 0.6) is 0 Å². The molecule has 0 radical (unpaired) electrons. The molecule has 0 atom stereocenters. The first kappa shape index (κ1) is 14.0. The Bertz CT molecular complexity index is 588. The lowest BCUT2D eigenvalue weighted by atomic mass is 10.2. The van der Waals surface area contributed by atoms with Crippen LogP contribution in [0.15, 0.2) is 30.6 Å². The maximum atomic E-state index is 12.1. The summed E-state index contributed by atoms with van der Waals surface area (Å²) in [5, 5.41) is 8.83. The Balaban J connectivity index is 2.10. The Morgan fingerprint density at radius 1 is 1.40 bits per heavy atom. The molecule has 106 valence electrons. The average Bonchev–Trinajstić information content (AvgIpc) is 2.79. The molecule has 0 aliphatic rings. The van der Waals surface area contributed by atoms with Crippen LogP contribution in [0.25, 0.3) is 5.65 Å². The van der Waals surface area contributed by atoms with Crippen LogP contribution >= 0.6 is 0 Å². The summed E-state index contributed by atoms with van der Waals surface area (Å²) >= 11 is 0. The summed E-state index contributed by atoms with van der Waals surface area (Å²) in [5.41, 5.74) is 1.42. The maximum absolute atomic E-state index is 12.1. The van der Waals surface area contributed by atoms with E-state index in [4.69, 9.17) is 5.11 Å². The molecule has 1 amide bonds. The molecule has 6 nitrogen and oxygen atoms in total. The van der Waals surface area contributed by atoms with Crippen molar-refractivity contribution in [2.75, 3.05) is 13.1 Å². The number of carbonyl (C=O) groups is 2. The lowest BCUT2D eigenvalue weighted by Gasteiger charge is -2.19. The number of amides is 1. The molecular weight excluding hydrogens is 258 g/mol. The van der Waals surface area contributed by atoms with Crippen molar-refractivity contribution in [3.63, 3.8) is 0 Å². The Hall–Kier alpha value is -2.37. The van der Waals surface area contributed by atoms with Crippen LogP contribution in [-0.4, -0.2) is 44.4 Å². The van der Waals surface area contributed by atoms with E-state index in [1.165, 1.54) is 4.90 Å². The highest BCUT2D eigenvalue weighted by molar-refractivity contribution is 5.82. The molecule has 1 N–H and O–H groups in total. The van der Waals surface area contributed by atoms with Gasteiger partial charge in [-0.05, 0) is 18.6 Å². The summed E-state index contributed by atoms with van der Waals surface area (Å²) in [4.78, 5) is 28.6. The van der Waals surface area contributed by atoms with Crippen LogP contribution in [0.3, 0.4) is 0 Å². The number of hydrogen-bond acceptors (Lipinski definition) is 3. The summed E-state index contributed by atoms with van der Waals surface area (Å²) in [6, 6.07) is 5.62. The van der Waals surface area contributed by atoms with Crippen LogP contribution in [-0.2, 0) is 16.0 Å². The van der Waals surface area contributed by atoms with Gasteiger partial charge in [-0.2, -0.15) is 0 Å². The van der Waals surface area contributed by atoms with Crippen LogP contribution < -0.4 is 0 Å². The Morgan fingerprint density at radius 2 is 2.20 bits per heavy atom. The van der Waals surface area contributed by atoms with Crippen molar-refractivity contribution in [2.45, 2.75) is 19.8 Å². The monoisotopic (exact) mass is 275 g/mol. The number of carbonyl (C=O) groups excluding carboxylic acids is 1. The van der Waals surface area contributed by atoms with E-state index in [-0.39, 0.29) is 18.9 Å². The van der Waals surface area contributed by atoms with Crippen LogP contribution in [0, 0.1) is 0 Å². The summed E-state index contributed by atoms with van der Waals surface area (Å²) in [6.45, 7) is 2.09. The molecule has 6 heteroatoms. The highest BCUT2D eigenvalue weighted by atomic mass is 16.4. The second kappa shape index (κ2) is 6.18. The zero-order chi connectivity index (χ0) is 14.5. The highest BCUT2D eigenvalue weighted by Gasteiger charge is 2.17. The van der Waals surface area contributed by atoms with Gasteiger partial charge >= 0.3 is 5.97 Å². The van der Waals surface area contributed by atoms with Crippen molar-refractivity contribution in [1.29, 1.82) is 0 Å². The van der Waals surface area contributed by atoms with E-state index in [9.17, 15) is 9.59 Å². The van der Waals surface area contributed by atoms with Crippen molar-refractivity contribution in [1.82, 2.24) is 14.3 Å². The molecule has 0 aromatic carbocycles. The Kier molecular flexibility index (Phi) is 4.34. The van der Waals surface area contributed by atoms with Gasteiger partial charge in [0.1, 0.15) is 12.2 Å². The molecule has 20 heavy (non-hydrogen) atoms. The summed E-state index contributed by atoms with van der Waals surface area (Å²) in [6.07, 6.45) is 4.49. The zero-order valence-electron chi connectivity index (χ0n) is 11.3. The lowest BCUT2D eigenvalue weighted by molar-refractivity contribution is -0.144. The molecule has 2 heterocycles. The number of fused-ring (bicyclic) bond motifs is 1. The topological polar surface area (TPSA) is 74.9 Å². The number of aliphatic carboxylic acids is 1. The molecule has 0 bridgehead atoms. The quantitative estimate of drug-likeness (QED) is 0.859. The number of carboxylic acids is 1. The van der Waals surface area contributed by atoms with Crippen molar-refractivity contribution in [3.05, 3.63) is 36.3 Å². The molecule has 0 saturated heterocycles. The number of pyridine rings is 1. The number of nitrogens with zero attached hydrogens (tertiary/aromatic N) is 3. The van der Waals surface area contributed by atoms with E-state index in [0.29, 0.717) is 12.2 Å². The molecule has 0 aliphatic heterocycles. The normalized spacial score (nSPS) is 10.7. The highest BCUT2D eigenvalue weighted by Crippen LogP contribution is 2.07. The molecule has 0 fully saturated rings. The minimum absolute atomic E-state index is 0.120. The minimum atomic E-state index is -0.998. The molecule has 2 aromatic heterocycles. The van der Waals surface area contributed by atoms with Gasteiger partial charge in [0.25, 0.3) is 0 Å². The van der Waals surface area contributed by atoms with Crippen molar-refractivity contribution >= 4 is 17.5 Å². The van der Waals surface area contributed by atoms with E-state index in [1.807, 2.05) is 35.7 Å². The predicted octanol–water partition coefficient (Wildman–Crippen LogP) is 1.20. The first-order valence-corrected chi connectivity index (χ1v) is 6.52. The Morgan fingerprint density at radius 3 is 2.85 bits per heavy atom. The van der Waals surface area contributed by atoms with Gasteiger partial charge < -0.3 is 14.4 Å². The van der Waals surface area contributed by atoms with Gasteiger partial charge in [-0.25, -0.2) is 4.98 Å². The largest absolute Gasteiger partial charge is 0.480 e. The first-order valence-electron chi connectivity index (χ1n) is 6.52. The van der Waals surface area contributed by atoms with Gasteiger partial charge in [-0.15, -0.1) is 0 Å². The van der Waals surface area contributed by atoms with Gasteiger partial charge in [-0.1, -0.05) is 13.0 Å². The fourth-order valence-electron chi connectivity index (χ4n) is 2.06. The van der Waals surface area contributed by atoms with Crippen LogP contribution in [0.4, 0.5) is 0 Å². The number of rotatable bonds is 6. The van der Waals surface area contributed by atoms with Gasteiger partial charge in [-0.3, -0.25) is 9.59 Å². The van der Waals surface area contributed by atoms with Crippen molar-refractivity contribution in [2.24, 2.45) is 0 Å². The number of hydrogen-bond donors (Lipinski definition) is 1. The second-order valence-corrected chi connectivity index (χ2v) is 4.58. The second-order valence-electron chi connectivity index (χ2n) is 4.58. The van der Waals surface area contributed by atoms with Gasteiger partial charge in [0.2, 0.25) is 5.91 Å². The molecule has 0 spiro atoms. The third-order valence-corrected chi connectivity index (χ3v) is 2.92. The van der Waals surface area contributed by atoms with E-state index in [0.717, 1.165) is 12.1 Å². The third kappa shape index (κ3) is 3.34. The van der Waals surface area contributed by atoms with E-state index in [1.54, 1.807) is 6.20 Å². The van der Waals surface area contributed by atoms with Gasteiger partial charge in [0, 0.05) is 18.9 Å². The molecule has 0 aliphatic carbocycles.